The number of benzene rings is 1. The molecule has 1 aromatic carbocycles. The number of hydrogen-bond acceptors (Lipinski definition) is 3. The van der Waals surface area contributed by atoms with Crippen LogP contribution in [0.15, 0.2) is 24.3 Å². The van der Waals surface area contributed by atoms with Crippen LogP contribution in [-0.2, 0) is 0 Å². The van der Waals surface area contributed by atoms with Gasteiger partial charge in [-0.2, -0.15) is 10.5 Å². The van der Waals surface area contributed by atoms with E-state index in [1.807, 2.05) is 32.0 Å². The Morgan fingerprint density at radius 2 is 1.73 bits per heavy atom. The summed E-state index contributed by atoms with van der Waals surface area (Å²) in [6, 6.07) is 11.3. The molecule has 0 spiro atoms. The maximum atomic E-state index is 8.98. The van der Waals surface area contributed by atoms with Gasteiger partial charge >= 0.3 is 0 Å². The molecule has 0 fully saturated rings. The van der Waals surface area contributed by atoms with Crippen molar-refractivity contribution in [2.75, 3.05) is 0 Å². The monoisotopic (exact) mass is 199 g/mol. The van der Waals surface area contributed by atoms with Crippen molar-refractivity contribution < 1.29 is 0 Å². The number of hydrogen-bond donors (Lipinski definition) is 1. The predicted molar refractivity (Wildman–Crippen MR) is 57.8 cm³/mol. The van der Waals surface area contributed by atoms with Crippen molar-refractivity contribution in [2.24, 2.45) is 0 Å². The molecule has 1 N–H and O–H groups in total. The van der Waals surface area contributed by atoms with Gasteiger partial charge in [-0.1, -0.05) is 12.1 Å². The first-order chi connectivity index (χ1) is 7.17. The van der Waals surface area contributed by atoms with Crippen molar-refractivity contribution in [1.82, 2.24) is 5.32 Å². The topological polar surface area (TPSA) is 59.6 Å². The van der Waals surface area contributed by atoms with Gasteiger partial charge in [0.25, 0.3) is 0 Å². The van der Waals surface area contributed by atoms with E-state index in [0.29, 0.717) is 5.56 Å². The van der Waals surface area contributed by atoms with Crippen LogP contribution in [-0.4, -0.2) is 6.04 Å². The van der Waals surface area contributed by atoms with E-state index in [0.717, 1.165) is 5.56 Å². The number of rotatable bonds is 3. The number of nitrogens with one attached hydrogen (secondary N) is 1. The second kappa shape index (κ2) is 5.14. The molecule has 0 radical (unpaired) electrons. The molecule has 1 aromatic rings. The summed E-state index contributed by atoms with van der Waals surface area (Å²) in [4.78, 5) is 0. The van der Waals surface area contributed by atoms with Gasteiger partial charge in [0.2, 0.25) is 0 Å². The minimum atomic E-state index is -0.308. The van der Waals surface area contributed by atoms with E-state index in [-0.39, 0.29) is 12.1 Å². The molecule has 1 unspecified atom stereocenters. The van der Waals surface area contributed by atoms with E-state index >= 15 is 0 Å². The summed E-state index contributed by atoms with van der Waals surface area (Å²) in [5.74, 6) is 0. The third-order valence-electron chi connectivity index (χ3n) is 2.00. The fraction of sp³-hybridized carbons (Fsp3) is 0.333. The van der Waals surface area contributed by atoms with Crippen LogP contribution in [0.5, 0.6) is 0 Å². The smallest absolute Gasteiger partial charge is 0.121 e. The van der Waals surface area contributed by atoms with Crippen molar-refractivity contribution >= 4 is 0 Å². The molecule has 0 saturated heterocycles. The molecule has 0 saturated carbocycles. The molecule has 0 aliphatic carbocycles. The van der Waals surface area contributed by atoms with Crippen LogP contribution in [0.1, 0.15) is 31.0 Å². The van der Waals surface area contributed by atoms with Crippen LogP contribution >= 0.6 is 0 Å². The Balaban J connectivity index is 2.85. The van der Waals surface area contributed by atoms with E-state index < -0.39 is 0 Å². The second-order valence-electron chi connectivity index (χ2n) is 3.62. The first-order valence-electron chi connectivity index (χ1n) is 4.83. The highest BCUT2D eigenvalue weighted by molar-refractivity contribution is 5.34. The molecule has 0 amide bonds. The van der Waals surface area contributed by atoms with Gasteiger partial charge in [0.05, 0.1) is 17.7 Å². The maximum Gasteiger partial charge on any atom is 0.121 e. The predicted octanol–water partition coefficient (Wildman–Crippen LogP) is 2.12. The molecule has 0 aliphatic rings. The summed E-state index contributed by atoms with van der Waals surface area (Å²) in [6.45, 7) is 3.99. The Morgan fingerprint density at radius 3 is 2.13 bits per heavy atom. The number of nitriles is 2. The zero-order valence-electron chi connectivity index (χ0n) is 8.86. The summed E-state index contributed by atoms with van der Waals surface area (Å²) < 4.78 is 0. The Kier molecular flexibility index (Phi) is 3.85. The minimum absolute atomic E-state index is 0.255. The zero-order valence-corrected chi connectivity index (χ0v) is 8.86. The molecule has 3 nitrogen and oxygen atoms in total. The fourth-order valence-electron chi connectivity index (χ4n) is 1.29. The summed E-state index contributed by atoms with van der Waals surface area (Å²) in [5.41, 5.74) is 1.50. The highest BCUT2D eigenvalue weighted by Crippen LogP contribution is 2.13. The lowest BCUT2D eigenvalue weighted by molar-refractivity contribution is 0.546. The summed E-state index contributed by atoms with van der Waals surface area (Å²) in [5, 5.41) is 20.8. The molecule has 3 heteroatoms. The molecule has 1 atom stereocenters. The highest BCUT2D eigenvalue weighted by atomic mass is 14.9. The van der Waals surface area contributed by atoms with E-state index in [9.17, 15) is 0 Å². The van der Waals surface area contributed by atoms with Crippen LogP contribution in [0.3, 0.4) is 0 Å². The van der Waals surface area contributed by atoms with Crippen LogP contribution < -0.4 is 5.32 Å². The first-order valence-corrected chi connectivity index (χ1v) is 4.83. The van der Waals surface area contributed by atoms with Gasteiger partial charge in [-0.15, -0.1) is 0 Å². The van der Waals surface area contributed by atoms with Crippen molar-refractivity contribution in [3.8, 4) is 12.1 Å². The quantitative estimate of drug-likeness (QED) is 0.811. The lowest BCUT2D eigenvalue weighted by Gasteiger charge is -2.14. The van der Waals surface area contributed by atoms with E-state index in [2.05, 4.69) is 11.4 Å². The van der Waals surface area contributed by atoms with Crippen molar-refractivity contribution in [3.63, 3.8) is 0 Å². The zero-order chi connectivity index (χ0) is 11.3. The van der Waals surface area contributed by atoms with Crippen molar-refractivity contribution in [3.05, 3.63) is 35.4 Å². The van der Waals surface area contributed by atoms with Gasteiger partial charge < -0.3 is 0 Å². The molecule has 0 aliphatic heterocycles. The van der Waals surface area contributed by atoms with Crippen LogP contribution in [0.4, 0.5) is 0 Å². The average Bonchev–Trinajstić information content (AvgIpc) is 2.26. The van der Waals surface area contributed by atoms with Gasteiger partial charge in [0.15, 0.2) is 0 Å². The Bertz CT molecular complexity index is 392. The SMILES string of the molecule is CC(C)NC(C#N)c1ccc(C#N)cc1. The molecular formula is C12H13N3. The number of nitrogens with zero attached hydrogens (tertiary/aromatic N) is 2. The summed E-state index contributed by atoms with van der Waals surface area (Å²) in [7, 11) is 0. The van der Waals surface area contributed by atoms with Crippen LogP contribution in [0, 0.1) is 22.7 Å². The molecule has 0 heterocycles. The molecule has 0 bridgehead atoms. The van der Waals surface area contributed by atoms with Crippen molar-refractivity contribution in [1.29, 1.82) is 10.5 Å². The molecule has 76 valence electrons. The first kappa shape index (κ1) is 11.2. The van der Waals surface area contributed by atoms with E-state index in [1.54, 1.807) is 12.1 Å². The Labute approximate surface area is 90.0 Å². The minimum Gasteiger partial charge on any atom is -0.296 e. The van der Waals surface area contributed by atoms with E-state index in [4.69, 9.17) is 10.5 Å². The van der Waals surface area contributed by atoms with Gasteiger partial charge in [-0.25, -0.2) is 0 Å². The van der Waals surface area contributed by atoms with Gasteiger partial charge in [0.1, 0.15) is 6.04 Å². The summed E-state index contributed by atoms with van der Waals surface area (Å²) in [6.07, 6.45) is 0. The van der Waals surface area contributed by atoms with Gasteiger partial charge in [0, 0.05) is 6.04 Å². The summed E-state index contributed by atoms with van der Waals surface area (Å²) >= 11 is 0. The normalized spacial score (nSPS) is 11.8. The Morgan fingerprint density at radius 1 is 1.13 bits per heavy atom. The van der Waals surface area contributed by atoms with Gasteiger partial charge in [-0.05, 0) is 31.5 Å². The lowest BCUT2D eigenvalue weighted by Crippen LogP contribution is -2.27. The molecule has 0 aromatic heterocycles. The molecule has 15 heavy (non-hydrogen) atoms. The second-order valence-corrected chi connectivity index (χ2v) is 3.62. The third-order valence-corrected chi connectivity index (χ3v) is 2.00. The molecular weight excluding hydrogens is 186 g/mol. The van der Waals surface area contributed by atoms with E-state index in [1.165, 1.54) is 0 Å². The standard InChI is InChI=1S/C12H13N3/c1-9(2)15-12(8-14)11-5-3-10(7-13)4-6-11/h3-6,9,12,15H,1-2H3. The fourth-order valence-corrected chi connectivity index (χ4v) is 1.29. The third kappa shape index (κ3) is 3.09. The average molecular weight is 199 g/mol. The largest absolute Gasteiger partial charge is 0.296 e. The highest BCUT2D eigenvalue weighted by Gasteiger charge is 2.10. The lowest BCUT2D eigenvalue weighted by atomic mass is 10.1. The maximum absolute atomic E-state index is 8.98. The van der Waals surface area contributed by atoms with Crippen LogP contribution in [0.2, 0.25) is 0 Å². The van der Waals surface area contributed by atoms with Gasteiger partial charge in [-0.3, -0.25) is 5.32 Å². The van der Waals surface area contributed by atoms with Crippen molar-refractivity contribution in [2.45, 2.75) is 25.9 Å². The van der Waals surface area contributed by atoms with Crippen LogP contribution in [0.25, 0.3) is 0 Å². The Hall–Kier alpha value is -1.84. The molecule has 1 rings (SSSR count).